The topological polar surface area (TPSA) is 73.2 Å². The van der Waals surface area contributed by atoms with Crippen molar-refractivity contribution in [2.75, 3.05) is 39.9 Å². The highest BCUT2D eigenvalue weighted by Gasteiger charge is 2.39. The van der Waals surface area contributed by atoms with Crippen LogP contribution in [0.25, 0.3) is 0 Å². The molecule has 6 nitrogen and oxygen atoms in total. The number of amides is 1. The number of nitrogens with zero attached hydrogens (tertiary/aromatic N) is 2. The first-order chi connectivity index (χ1) is 15.2. The Morgan fingerprint density at radius 2 is 2.16 bits per heavy atom. The number of hydrogen-bond donors (Lipinski definition) is 2. The van der Waals surface area contributed by atoms with Gasteiger partial charge in [-0.1, -0.05) is 42.3 Å². The van der Waals surface area contributed by atoms with Crippen LogP contribution in [0.2, 0.25) is 10.0 Å². The predicted octanol–water partition coefficient (Wildman–Crippen LogP) is 3.29. The van der Waals surface area contributed by atoms with Gasteiger partial charge in [-0.25, -0.2) is 0 Å². The normalized spacial score (nSPS) is 24.3. The molecule has 1 aromatic rings. The van der Waals surface area contributed by atoms with E-state index in [4.69, 9.17) is 33.0 Å². The molecule has 2 N–H and O–H groups in total. The highest BCUT2D eigenvalue weighted by Crippen LogP contribution is 2.37. The van der Waals surface area contributed by atoms with Crippen LogP contribution in [-0.4, -0.2) is 78.0 Å². The maximum atomic E-state index is 13.3. The van der Waals surface area contributed by atoms with Gasteiger partial charge < -0.3 is 19.8 Å². The molecule has 1 aromatic carbocycles. The van der Waals surface area contributed by atoms with Crippen LogP contribution in [0.5, 0.6) is 0 Å². The maximum Gasteiger partial charge on any atom is 0.227 e. The number of carbonyl (C=O) groups is 1. The number of rotatable bonds is 9. The van der Waals surface area contributed by atoms with Crippen molar-refractivity contribution >= 4 is 29.1 Å². The van der Waals surface area contributed by atoms with E-state index in [-0.39, 0.29) is 43.1 Å². The fraction of sp³-hybridized carbons (Fsp3) is 0.542. The van der Waals surface area contributed by atoms with Gasteiger partial charge in [0.25, 0.3) is 0 Å². The van der Waals surface area contributed by atoms with E-state index in [0.29, 0.717) is 29.6 Å². The molecule has 176 valence electrons. The Hall–Kier alpha value is -1.57. The Morgan fingerprint density at radius 1 is 1.38 bits per heavy atom. The first kappa shape index (κ1) is 25.1. The van der Waals surface area contributed by atoms with Gasteiger partial charge in [0.2, 0.25) is 5.91 Å². The Bertz CT molecular complexity index is 876. The summed E-state index contributed by atoms with van der Waals surface area (Å²) in [4.78, 5) is 17.3. The number of aliphatic hydroxyl groups excluding tert-OH is 2. The van der Waals surface area contributed by atoms with Crippen LogP contribution in [0.4, 0.5) is 0 Å². The van der Waals surface area contributed by atoms with Gasteiger partial charge in [-0.15, -0.1) is 0 Å². The fourth-order valence-corrected chi connectivity index (χ4v) is 4.69. The SMILES string of the molecule is CN(C(=O)Cc1ccc(Cl)c(Cl)c1)[C@H](CN1CC[C@H](O)C1)C1(C)C=CC(OCCO)=CC1. The summed E-state index contributed by atoms with van der Waals surface area (Å²) >= 11 is 12.1. The van der Waals surface area contributed by atoms with Crippen molar-refractivity contribution in [3.05, 3.63) is 57.8 Å². The first-order valence-electron chi connectivity index (χ1n) is 10.9. The lowest BCUT2D eigenvalue weighted by Gasteiger charge is -2.43. The quantitative estimate of drug-likeness (QED) is 0.564. The number of allylic oxidation sites excluding steroid dienone is 2. The Morgan fingerprint density at radius 3 is 2.75 bits per heavy atom. The van der Waals surface area contributed by atoms with Gasteiger partial charge in [-0.2, -0.15) is 0 Å². The molecule has 3 atom stereocenters. The predicted molar refractivity (Wildman–Crippen MR) is 127 cm³/mol. The molecule has 1 aliphatic carbocycles. The van der Waals surface area contributed by atoms with Crippen LogP contribution < -0.4 is 0 Å². The highest BCUT2D eigenvalue weighted by molar-refractivity contribution is 6.42. The molecule has 1 amide bonds. The zero-order valence-corrected chi connectivity index (χ0v) is 20.1. The van der Waals surface area contributed by atoms with Crippen molar-refractivity contribution in [3.63, 3.8) is 0 Å². The maximum absolute atomic E-state index is 13.3. The van der Waals surface area contributed by atoms with Crippen LogP contribution in [0.3, 0.4) is 0 Å². The molecule has 0 aromatic heterocycles. The number of aliphatic hydroxyl groups is 2. The van der Waals surface area contributed by atoms with Crippen molar-refractivity contribution in [2.45, 2.75) is 38.3 Å². The van der Waals surface area contributed by atoms with Gasteiger partial charge in [0, 0.05) is 32.1 Å². The number of halogens is 2. The average Bonchev–Trinajstić information content (AvgIpc) is 3.18. The summed E-state index contributed by atoms with van der Waals surface area (Å²) < 4.78 is 5.54. The van der Waals surface area contributed by atoms with E-state index in [1.54, 1.807) is 12.1 Å². The molecule has 0 bridgehead atoms. The number of carbonyl (C=O) groups excluding carboxylic acids is 1. The van der Waals surface area contributed by atoms with Gasteiger partial charge in [0.05, 0.1) is 35.2 Å². The molecule has 0 radical (unpaired) electrons. The summed E-state index contributed by atoms with van der Waals surface area (Å²) in [7, 11) is 1.84. The van der Waals surface area contributed by atoms with E-state index in [2.05, 4.69) is 17.9 Å². The smallest absolute Gasteiger partial charge is 0.227 e. The molecule has 1 aliphatic heterocycles. The molecular weight excluding hydrogens is 451 g/mol. The van der Waals surface area contributed by atoms with Crippen LogP contribution in [0.15, 0.2) is 42.2 Å². The second-order valence-corrected chi connectivity index (χ2v) is 9.68. The van der Waals surface area contributed by atoms with E-state index in [9.17, 15) is 9.90 Å². The minimum absolute atomic E-state index is 0.00549. The van der Waals surface area contributed by atoms with Gasteiger partial charge in [0.1, 0.15) is 12.4 Å². The molecular formula is C24H32Cl2N2O4. The van der Waals surface area contributed by atoms with E-state index in [1.807, 2.05) is 30.2 Å². The lowest BCUT2D eigenvalue weighted by Crippen LogP contribution is -2.53. The minimum atomic E-state index is -0.319. The van der Waals surface area contributed by atoms with E-state index >= 15 is 0 Å². The third kappa shape index (κ3) is 6.27. The molecule has 0 spiro atoms. The van der Waals surface area contributed by atoms with Gasteiger partial charge >= 0.3 is 0 Å². The number of hydrogen-bond acceptors (Lipinski definition) is 5. The second kappa shape index (κ2) is 11.0. The highest BCUT2D eigenvalue weighted by atomic mass is 35.5. The molecule has 1 unspecified atom stereocenters. The fourth-order valence-electron chi connectivity index (χ4n) is 4.37. The lowest BCUT2D eigenvalue weighted by molar-refractivity contribution is -0.133. The van der Waals surface area contributed by atoms with Gasteiger partial charge in [-0.05, 0) is 42.7 Å². The molecule has 1 fully saturated rings. The Balaban J connectivity index is 1.77. The summed E-state index contributed by atoms with van der Waals surface area (Å²) in [5.74, 6) is 0.728. The van der Waals surface area contributed by atoms with Gasteiger partial charge in [-0.3, -0.25) is 9.69 Å². The van der Waals surface area contributed by atoms with E-state index in [0.717, 1.165) is 24.3 Å². The van der Waals surface area contributed by atoms with Crippen molar-refractivity contribution in [2.24, 2.45) is 5.41 Å². The molecule has 0 saturated carbocycles. The number of β-amino-alcohol motifs (C(OH)–C–C–N with tert-alkyl or cyclic N) is 1. The minimum Gasteiger partial charge on any atom is -0.492 e. The number of likely N-dealkylation sites (tertiary alicyclic amines) is 1. The van der Waals surface area contributed by atoms with Crippen molar-refractivity contribution < 1.29 is 19.7 Å². The number of benzene rings is 1. The lowest BCUT2D eigenvalue weighted by atomic mass is 9.75. The Kier molecular flexibility index (Phi) is 8.64. The molecule has 32 heavy (non-hydrogen) atoms. The largest absolute Gasteiger partial charge is 0.492 e. The molecule has 1 heterocycles. The third-order valence-corrected chi connectivity index (χ3v) is 7.11. The van der Waals surface area contributed by atoms with Crippen LogP contribution in [0.1, 0.15) is 25.3 Å². The van der Waals surface area contributed by atoms with Crippen molar-refractivity contribution in [1.29, 1.82) is 0 Å². The van der Waals surface area contributed by atoms with Crippen molar-refractivity contribution in [3.8, 4) is 0 Å². The van der Waals surface area contributed by atoms with Crippen LogP contribution in [0, 0.1) is 5.41 Å². The zero-order chi connectivity index (χ0) is 23.3. The number of ether oxygens (including phenoxy) is 1. The van der Waals surface area contributed by atoms with E-state index < -0.39 is 0 Å². The summed E-state index contributed by atoms with van der Waals surface area (Å²) in [6, 6.07) is 5.16. The summed E-state index contributed by atoms with van der Waals surface area (Å²) in [6.07, 6.45) is 7.39. The Labute approximate surface area is 200 Å². The second-order valence-electron chi connectivity index (χ2n) is 8.87. The third-order valence-electron chi connectivity index (χ3n) is 6.37. The molecule has 2 aliphatic rings. The number of likely N-dealkylation sites (N-methyl/N-ethyl adjacent to an activating group) is 1. The van der Waals surface area contributed by atoms with Crippen LogP contribution in [-0.2, 0) is 16.0 Å². The van der Waals surface area contributed by atoms with Crippen molar-refractivity contribution in [1.82, 2.24) is 9.80 Å². The molecule has 1 saturated heterocycles. The van der Waals surface area contributed by atoms with Crippen LogP contribution >= 0.6 is 23.2 Å². The zero-order valence-electron chi connectivity index (χ0n) is 18.6. The summed E-state index contributed by atoms with van der Waals surface area (Å²) in [6.45, 7) is 4.46. The molecule has 8 heteroatoms. The standard InChI is InChI=1S/C24H32Cl2N2O4/c1-24(8-5-19(6-9-24)32-12-11-29)22(16-28-10-7-18(30)15-28)27(2)23(31)14-17-3-4-20(25)21(26)13-17/h3-6,8,13,18,22,29-30H,7,9-12,14-16H2,1-2H3/t18-,22+,24?/m0/s1. The monoisotopic (exact) mass is 482 g/mol. The van der Waals surface area contributed by atoms with Gasteiger partial charge in [0.15, 0.2) is 0 Å². The summed E-state index contributed by atoms with van der Waals surface area (Å²) in [5.41, 5.74) is 0.511. The molecule has 3 rings (SSSR count). The first-order valence-corrected chi connectivity index (χ1v) is 11.7. The average molecular weight is 483 g/mol. The van der Waals surface area contributed by atoms with E-state index in [1.165, 1.54) is 0 Å². The summed E-state index contributed by atoms with van der Waals surface area (Å²) in [5, 5.41) is 19.9.